The Morgan fingerprint density at radius 2 is 0.864 bits per heavy atom. The Hall–Kier alpha value is 0.350. The van der Waals surface area contributed by atoms with Crippen LogP contribution in [0.25, 0.3) is 0 Å². The standard InChI is InChI=1S/C19H41O2P/c1-2-17-22(18-13-9-5-3-7-11-15-20)19-14-10-6-4-8-12-16-21/h20-21H,2-19H2,1H3. The van der Waals surface area contributed by atoms with Crippen LogP contribution in [0.5, 0.6) is 0 Å². The molecule has 0 atom stereocenters. The quantitative estimate of drug-likeness (QED) is 0.255. The third-order valence-electron chi connectivity index (χ3n) is 4.30. The summed E-state index contributed by atoms with van der Waals surface area (Å²) in [6.07, 6.45) is 21.2. The largest absolute Gasteiger partial charge is 0.396 e. The Morgan fingerprint density at radius 3 is 1.23 bits per heavy atom. The molecule has 2 nitrogen and oxygen atoms in total. The van der Waals surface area contributed by atoms with Crippen molar-refractivity contribution in [3.63, 3.8) is 0 Å². The van der Waals surface area contributed by atoms with Crippen molar-refractivity contribution in [1.82, 2.24) is 0 Å². The van der Waals surface area contributed by atoms with Crippen LogP contribution in [0.3, 0.4) is 0 Å². The summed E-state index contributed by atoms with van der Waals surface area (Å²) < 4.78 is 0. The Balaban J connectivity index is 3.44. The van der Waals surface area contributed by atoms with Gasteiger partial charge in [0.25, 0.3) is 0 Å². The lowest BCUT2D eigenvalue weighted by molar-refractivity contribution is 0.282. The van der Waals surface area contributed by atoms with Crippen molar-refractivity contribution in [3.8, 4) is 0 Å². The Morgan fingerprint density at radius 1 is 0.500 bits per heavy atom. The van der Waals surface area contributed by atoms with Crippen LogP contribution in [0.4, 0.5) is 0 Å². The lowest BCUT2D eigenvalue weighted by Gasteiger charge is -2.17. The molecule has 0 aromatic rings. The summed E-state index contributed by atoms with van der Waals surface area (Å²) >= 11 is 0. The van der Waals surface area contributed by atoms with E-state index in [1.54, 1.807) is 0 Å². The number of rotatable bonds is 18. The van der Waals surface area contributed by atoms with Gasteiger partial charge in [0, 0.05) is 13.2 Å². The predicted molar refractivity (Wildman–Crippen MR) is 101 cm³/mol. The molecule has 0 saturated heterocycles. The summed E-state index contributed by atoms with van der Waals surface area (Å²) in [7, 11) is 0.304. The number of aliphatic hydroxyl groups excluding tert-OH is 2. The molecule has 0 amide bonds. The second-order valence-corrected chi connectivity index (χ2v) is 9.21. The van der Waals surface area contributed by atoms with Gasteiger partial charge in [-0.1, -0.05) is 64.7 Å². The van der Waals surface area contributed by atoms with Crippen LogP contribution >= 0.6 is 7.92 Å². The van der Waals surface area contributed by atoms with Gasteiger partial charge in [0.2, 0.25) is 0 Å². The number of hydrogen-bond acceptors (Lipinski definition) is 2. The van der Waals surface area contributed by atoms with Gasteiger partial charge in [0.15, 0.2) is 0 Å². The van der Waals surface area contributed by atoms with E-state index in [-0.39, 0.29) is 0 Å². The zero-order valence-electron chi connectivity index (χ0n) is 15.1. The molecule has 0 fully saturated rings. The molecule has 3 heteroatoms. The molecule has 0 unspecified atom stereocenters. The minimum Gasteiger partial charge on any atom is -0.396 e. The highest BCUT2D eigenvalue weighted by molar-refractivity contribution is 7.57. The Bertz CT molecular complexity index is 182. The molecule has 0 rings (SSSR count). The summed E-state index contributed by atoms with van der Waals surface area (Å²) in [4.78, 5) is 0. The molecule has 2 N–H and O–H groups in total. The van der Waals surface area contributed by atoms with Crippen LogP contribution in [0.2, 0.25) is 0 Å². The molecule has 0 aliphatic carbocycles. The first-order valence-electron chi connectivity index (χ1n) is 9.79. The molecule has 0 radical (unpaired) electrons. The van der Waals surface area contributed by atoms with E-state index in [1.807, 2.05) is 0 Å². The van der Waals surface area contributed by atoms with E-state index in [1.165, 1.54) is 89.1 Å². The summed E-state index contributed by atoms with van der Waals surface area (Å²) in [6.45, 7) is 3.06. The van der Waals surface area contributed by atoms with Gasteiger partial charge in [0.05, 0.1) is 0 Å². The lowest BCUT2D eigenvalue weighted by Crippen LogP contribution is -1.96. The number of unbranched alkanes of at least 4 members (excludes halogenated alkanes) is 10. The fourth-order valence-electron chi connectivity index (χ4n) is 2.96. The third-order valence-corrected chi connectivity index (χ3v) is 7.28. The number of aliphatic hydroxyl groups is 2. The van der Waals surface area contributed by atoms with Crippen molar-refractivity contribution in [1.29, 1.82) is 0 Å². The molecule has 0 aliphatic rings. The maximum atomic E-state index is 8.76. The summed E-state index contributed by atoms with van der Waals surface area (Å²) in [5.74, 6) is 0. The minimum absolute atomic E-state index is 0.304. The molecule has 134 valence electrons. The van der Waals surface area contributed by atoms with Crippen molar-refractivity contribution in [2.45, 2.75) is 90.4 Å². The van der Waals surface area contributed by atoms with Gasteiger partial charge in [-0.05, 0) is 44.2 Å². The average molecular weight is 333 g/mol. The van der Waals surface area contributed by atoms with Crippen LogP contribution in [0, 0.1) is 0 Å². The minimum atomic E-state index is 0.304. The summed E-state index contributed by atoms with van der Waals surface area (Å²) in [5, 5.41) is 17.5. The smallest absolute Gasteiger partial charge is 0.0431 e. The molecule has 0 saturated carbocycles. The van der Waals surface area contributed by atoms with Crippen molar-refractivity contribution >= 4 is 7.92 Å². The molecular formula is C19H41O2P. The monoisotopic (exact) mass is 332 g/mol. The zero-order chi connectivity index (χ0) is 16.3. The van der Waals surface area contributed by atoms with Gasteiger partial charge in [-0.3, -0.25) is 0 Å². The second kappa shape index (κ2) is 19.4. The van der Waals surface area contributed by atoms with Crippen LogP contribution in [-0.2, 0) is 0 Å². The van der Waals surface area contributed by atoms with E-state index in [4.69, 9.17) is 10.2 Å². The highest BCUT2D eigenvalue weighted by Gasteiger charge is 2.06. The maximum absolute atomic E-state index is 8.76. The average Bonchev–Trinajstić information content (AvgIpc) is 2.53. The van der Waals surface area contributed by atoms with E-state index in [2.05, 4.69) is 6.92 Å². The molecular weight excluding hydrogens is 291 g/mol. The first-order chi connectivity index (χ1) is 10.8. The molecule has 0 spiro atoms. The van der Waals surface area contributed by atoms with E-state index in [9.17, 15) is 0 Å². The highest BCUT2D eigenvalue weighted by Crippen LogP contribution is 2.38. The maximum Gasteiger partial charge on any atom is 0.0431 e. The first-order valence-corrected chi connectivity index (χ1v) is 11.7. The van der Waals surface area contributed by atoms with Crippen LogP contribution in [-0.4, -0.2) is 41.9 Å². The van der Waals surface area contributed by atoms with E-state index in [0.29, 0.717) is 21.1 Å². The Kier molecular flexibility index (Phi) is 19.7. The van der Waals surface area contributed by atoms with Gasteiger partial charge < -0.3 is 10.2 Å². The van der Waals surface area contributed by atoms with Gasteiger partial charge in [-0.15, -0.1) is 7.92 Å². The fraction of sp³-hybridized carbons (Fsp3) is 1.00. The second-order valence-electron chi connectivity index (χ2n) is 6.53. The summed E-state index contributed by atoms with van der Waals surface area (Å²) in [6, 6.07) is 0. The third kappa shape index (κ3) is 16.7. The van der Waals surface area contributed by atoms with Gasteiger partial charge in [-0.2, -0.15) is 0 Å². The molecule has 0 aromatic carbocycles. The van der Waals surface area contributed by atoms with Crippen LogP contribution < -0.4 is 0 Å². The van der Waals surface area contributed by atoms with Crippen LogP contribution in [0.1, 0.15) is 90.4 Å². The Labute approximate surface area is 140 Å². The normalized spacial score (nSPS) is 11.5. The van der Waals surface area contributed by atoms with Crippen molar-refractivity contribution in [2.24, 2.45) is 0 Å². The fourth-order valence-corrected chi connectivity index (χ4v) is 5.61. The number of hydrogen-bond donors (Lipinski definition) is 2. The van der Waals surface area contributed by atoms with Crippen LogP contribution in [0.15, 0.2) is 0 Å². The molecule has 0 aromatic heterocycles. The van der Waals surface area contributed by atoms with Crippen molar-refractivity contribution in [2.75, 3.05) is 31.7 Å². The van der Waals surface area contributed by atoms with Gasteiger partial charge in [-0.25, -0.2) is 0 Å². The van der Waals surface area contributed by atoms with Gasteiger partial charge >= 0.3 is 0 Å². The summed E-state index contributed by atoms with van der Waals surface area (Å²) in [5.41, 5.74) is 0. The first kappa shape index (κ1) is 22.4. The molecule has 0 aliphatic heterocycles. The SMILES string of the molecule is CCCP(CCCCCCCCO)CCCCCCCCO. The zero-order valence-corrected chi connectivity index (χ0v) is 16.0. The van der Waals surface area contributed by atoms with E-state index in [0.717, 1.165) is 12.8 Å². The topological polar surface area (TPSA) is 40.5 Å². The molecule has 0 heterocycles. The van der Waals surface area contributed by atoms with Crippen molar-refractivity contribution < 1.29 is 10.2 Å². The highest BCUT2D eigenvalue weighted by atomic mass is 31.1. The predicted octanol–water partition coefficient (Wildman–Crippen LogP) is 5.54. The lowest BCUT2D eigenvalue weighted by atomic mass is 10.1. The molecule has 22 heavy (non-hydrogen) atoms. The molecule has 0 bridgehead atoms. The van der Waals surface area contributed by atoms with Gasteiger partial charge in [0.1, 0.15) is 0 Å². The van der Waals surface area contributed by atoms with E-state index >= 15 is 0 Å². The van der Waals surface area contributed by atoms with Crippen molar-refractivity contribution in [3.05, 3.63) is 0 Å². The van der Waals surface area contributed by atoms with E-state index < -0.39 is 0 Å².